The number of hydrogen-bond donors (Lipinski definition) is 0. The molecule has 5 heterocycles. The van der Waals surface area contributed by atoms with Crippen molar-refractivity contribution < 1.29 is 9.53 Å². The molecule has 0 aromatic carbocycles. The van der Waals surface area contributed by atoms with Crippen LogP contribution in [0.25, 0.3) is 0 Å². The van der Waals surface area contributed by atoms with Crippen LogP contribution in [0.15, 0.2) is 24.7 Å². The van der Waals surface area contributed by atoms with Crippen LogP contribution in [0.2, 0.25) is 0 Å². The molecule has 7 heteroatoms. The van der Waals surface area contributed by atoms with E-state index in [2.05, 4.69) is 20.9 Å². The Morgan fingerprint density at radius 2 is 1.96 bits per heavy atom. The smallest absolute Gasteiger partial charge is 0.263 e. The van der Waals surface area contributed by atoms with E-state index in [1.807, 2.05) is 11.1 Å². The first-order valence-corrected chi connectivity index (χ1v) is 10.6. The van der Waals surface area contributed by atoms with Crippen LogP contribution >= 0.6 is 11.3 Å². The monoisotopic (exact) mass is 384 g/mol. The van der Waals surface area contributed by atoms with Gasteiger partial charge in [-0.15, -0.1) is 11.3 Å². The Morgan fingerprint density at radius 3 is 2.70 bits per heavy atom. The fourth-order valence-electron chi connectivity index (χ4n) is 4.56. The lowest BCUT2D eigenvalue weighted by molar-refractivity contribution is -0.0757. The summed E-state index contributed by atoms with van der Waals surface area (Å²) in [5, 5.41) is 0. The highest BCUT2D eigenvalue weighted by atomic mass is 32.1. The number of aromatic nitrogens is 2. The third-order valence-electron chi connectivity index (χ3n) is 6.06. The molecule has 0 radical (unpaired) electrons. The normalized spacial score (nSPS) is 21.5. The van der Waals surface area contributed by atoms with Crippen LogP contribution in [0.4, 0.5) is 5.82 Å². The largest absolute Gasteiger partial charge is 0.370 e. The van der Waals surface area contributed by atoms with Gasteiger partial charge >= 0.3 is 0 Å². The van der Waals surface area contributed by atoms with Gasteiger partial charge in [0, 0.05) is 49.9 Å². The van der Waals surface area contributed by atoms with Crippen molar-refractivity contribution in [2.75, 3.05) is 37.7 Å². The molecule has 5 rings (SSSR count). The van der Waals surface area contributed by atoms with Gasteiger partial charge in [-0.25, -0.2) is 4.98 Å². The summed E-state index contributed by atoms with van der Waals surface area (Å²) in [5.41, 5.74) is 1.02. The number of likely N-dealkylation sites (tertiary alicyclic amines) is 1. The minimum absolute atomic E-state index is 0.207. The molecule has 27 heavy (non-hydrogen) atoms. The van der Waals surface area contributed by atoms with E-state index in [0.29, 0.717) is 0 Å². The first kappa shape index (κ1) is 17.1. The fraction of sp³-hybridized carbons (Fsp3) is 0.550. The second-order valence-corrected chi connectivity index (χ2v) is 8.73. The number of fused-ring (bicyclic) bond motifs is 2. The molecule has 0 atom stereocenters. The van der Waals surface area contributed by atoms with Gasteiger partial charge in [-0.1, -0.05) is 0 Å². The van der Waals surface area contributed by atoms with Crippen molar-refractivity contribution in [1.82, 2.24) is 14.9 Å². The molecule has 3 aliphatic rings. The summed E-state index contributed by atoms with van der Waals surface area (Å²) >= 11 is 1.69. The number of piperidine rings is 1. The van der Waals surface area contributed by atoms with E-state index < -0.39 is 0 Å². The number of hydrogen-bond acceptors (Lipinski definition) is 6. The Kier molecular flexibility index (Phi) is 4.36. The van der Waals surface area contributed by atoms with Gasteiger partial charge in [0.15, 0.2) is 0 Å². The number of anilines is 1. The molecule has 142 valence electrons. The van der Waals surface area contributed by atoms with E-state index in [4.69, 9.17) is 4.74 Å². The molecule has 2 aromatic rings. The second-order valence-electron chi connectivity index (χ2n) is 7.59. The maximum absolute atomic E-state index is 12.8. The summed E-state index contributed by atoms with van der Waals surface area (Å²) in [6.07, 6.45) is 10.3. The van der Waals surface area contributed by atoms with Crippen LogP contribution in [0.3, 0.4) is 0 Å². The molecule has 6 nitrogen and oxygen atoms in total. The summed E-state index contributed by atoms with van der Waals surface area (Å²) in [4.78, 5) is 28.0. The lowest BCUT2D eigenvalue weighted by Crippen LogP contribution is -2.46. The lowest BCUT2D eigenvalue weighted by atomic mass is 9.82. The van der Waals surface area contributed by atoms with Gasteiger partial charge < -0.3 is 14.5 Å². The van der Waals surface area contributed by atoms with Crippen molar-refractivity contribution in [1.29, 1.82) is 0 Å². The highest BCUT2D eigenvalue weighted by Crippen LogP contribution is 2.45. The van der Waals surface area contributed by atoms with Crippen LogP contribution in [0.5, 0.6) is 0 Å². The molecular formula is C20H24N4O2S. The third kappa shape index (κ3) is 3.02. The minimum atomic E-state index is -0.244. The first-order valence-electron chi connectivity index (χ1n) is 9.83. The van der Waals surface area contributed by atoms with Gasteiger partial charge in [0.2, 0.25) is 0 Å². The van der Waals surface area contributed by atoms with E-state index in [0.717, 1.165) is 75.6 Å². The molecule has 1 spiro atoms. The summed E-state index contributed by atoms with van der Waals surface area (Å²) in [6, 6.07) is 2.14. The molecule has 0 unspecified atom stereocenters. The summed E-state index contributed by atoms with van der Waals surface area (Å²) < 4.78 is 6.35. The Morgan fingerprint density at radius 1 is 1.15 bits per heavy atom. The van der Waals surface area contributed by atoms with Gasteiger partial charge in [0.05, 0.1) is 23.3 Å². The predicted molar refractivity (Wildman–Crippen MR) is 104 cm³/mol. The van der Waals surface area contributed by atoms with E-state index in [1.165, 1.54) is 10.4 Å². The molecule has 0 bridgehead atoms. The highest BCUT2D eigenvalue weighted by Gasteiger charge is 2.42. The molecular weight excluding hydrogens is 360 g/mol. The van der Waals surface area contributed by atoms with E-state index in [9.17, 15) is 4.79 Å². The van der Waals surface area contributed by atoms with Crippen LogP contribution in [-0.4, -0.2) is 53.6 Å². The zero-order valence-electron chi connectivity index (χ0n) is 15.4. The number of thiophene rings is 1. The first-order chi connectivity index (χ1) is 13.3. The van der Waals surface area contributed by atoms with E-state index in [-0.39, 0.29) is 11.5 Å². The van der Waals surface area contributed by atoms with Gasteiger partial charge in [-0.3, -0.25) is 9.78 Å². The molecule has 3 aliphatic heterocycles. The number of rotatable bonds is 2. The average molecular weight is 385 g/mol. The number of carbonyl (C=O) groups excluding carboxylic acids is 1. The zero-order chi connectivity index (χ0) is 18.3. The summed E-state index contributed by atoms with van der Waals surface area (Å²) in [6.45, 7) is 4.33. The number of carbonyl (C=O) groups is 1. The van der Waals surface area contributed by atoms with Crippen molar-refractivity contribution in [2.24, 2.45) is 0 Å². The predicted octanol–water partition coefficient (Wildman–Crippen LogP) is 2.84. The maximum Gasteiger partial charge on any atom is 0.263 e. The number of ether oxygens (including phenoxy) is 1. The summed E-state index contributed by atoms with van der Waals surface area (Å²) in [5.74, 6) is 1.14. The van der Waals surface area contributed by atoms with Gasteiger partial charge in [0.25, 0.3) is 5.91 Å². The molecule has 0 saturated carbocycles. The van der Waals surface area contributed by atoms with Crippen molar-refractivity contribution in [3.8, 4) is 0 Å². The Hall–Kier alpha value is -1.99. The van der Waals surface area contributed by atoms with E-state index in [1.54, 1.807) is 23.7 Å². The number of nitrogens with zero attached hydrogens (tertiary/aromatic N) is 4. The topological polar surface area (TPSA) is 58.6 Å². The SMILES string of the molecule is O=C(c1cc2c(s1)CCOC21CCN(c2cnccn2)CC1)N1CCCC1. The molecule has 0 N–H and O–H groups in total. The lowest BCUT2D eigenvalue weighted by Gasteiger charge is -2.44. The van der Waals surface area contributed by atoms with Gasteiger partial charge in [-0.05, 0) is 37.3 Å². The average Bonchev–Trinajstić information content (AvgIpc) is 3.40. The minimum Gasteiger partial charge on any atom is -0.370 e. The molecule has 1 amide bonds. The molecule has 2 saturated heterocycles. The van der Waals surface area contributed by atoms with Crippen LogP contribution in [-0.2, 0) is 16.8 Å². The van der Waals surface area contributed by atoms with Crippen LogP contribution in [0, 0.1) is 0 Å². The molecule has 0 aliphatic carbocycles. The zero-order valence-corrected chi connectivity index (χ0v) is 16.2. The van der Waals surface area contributed by atoms with Crippen molar-refractivity contribution in [3.05, 3.63) is 40.0 Å². The summed E-state index contributed by atoms with van der Waals surface area (Å²) in [7, 11) is 0. The quantitative estimate of drug-likeness (QED) is 0.797. The van der Waals surface area contributed by atoms with Crippen molar-refractivity contribution in [3.63, 3.8) is 0 Å². The van der Waals surface area contributed by atoms with Gasteiger partial charge in [0.1, 0.15) is 5.82 Å². The second kappa shape index (κ2) is 6.87. The standard InChI is InChI=1S/C20H24N4O2S/c25-19(24-8-1-2-9-24)17-13-15-16(27-17)3-12-26-20(15)4-10-23(11-5-20)18-14-21-6-7-22-18/h6-7,13-14H,1-5,8-12H2. The highest BCUT2D eigenvalue weighted by molar-refractivity contribution is 7.14. The van der Waals surface area contributed by atoms with Crippen molar-refractivity contribution >= 4 is 23.1 Å². The van der Waals surface area contributed by atoms with Crippen LogP contribution in [0.1, 0.15) is 45.8 Å². The Labute approximate surface area is 163 Å². The fourth-order valence-corrected chi connectivity index (χ4v) is 5.76. The molecule has 2 fully saturated rings. The maximum atomic E-state index is 12.8. The Bertz CT molecular complexity index is 824. The van der Waals surface area contributed by atoms with Gasteiger partial charge in [-0.2, -0.15) is 0 Å². The van der Waals surface area contributed by atoms with E-state index >= 15 is 0 Å². The van der Waals surface area contributed by atoms with Crippen LogP contribution < -0.4 is 4.90 Å². The molecule has 2 aromatic heterocycles. The Balaban J connectivity index is 1.38. The third-order valence-corrected chi connectivity index (χ3v) is 7.24. The van der Waals surface area contributed by atoms with Crippen molar-refractivity contribution in [2.45, 2.75) is 37.7 Å². The number of amides is 1.